The Hall–Kier alpha value is -0.590. The van der Waals surface area contributed by atoms with Crippen LogP contribution in [-0.4, -0.2) is 34.5 Å². The first-order chi connectivity index (χ1) is 5.07. The second kappa shape index (κ2) is 5.11. The third-order valence-electron chi connectivity index (χ3n) is 0.908. The van der Waals surface area contributed by atoms with Crippen molar-refractivity contribution in [2.24, 2.45) is 11.5 Å². The Kier molecular flexibility index (Phi) is 4.84. The highest BCUT2D eigenvalue weighted by atomic mass is 32.2. The maximum Gasteiger partial charge on any atom is 0.321 e. The Morgan fingerprint density at radius 3 is 2.45 bits per heavy atom. The number of thioether (sulfide) groups is 1. The summed E-state index contributed by atoms with van der Waals surface area (Å²) < 4.78 is 0. The number of carbonyl (C=O) groups excluding carboxylic acids is 1. The van der Waals surface area contributed by atoms with E-state index in [9.17, 15) is 9.59 Å². The number of carboxylic acid groups (broad SMARTS) is 1. The molecule has 0 rings (SSSR count). The molecule has 6 heteroatoms. The van der Waals surface area contributed by atoms with Gasteiger partial charge in [-0.2, -0.15) is 0 Å². The minimum absolute atomic E-state index is 0.0748. The van der Waals surface area contributed by atoms with Crippen molar-refractivity contribution in [1.29, 1.82) is 0 Å². The number of carboxylic acids is 1. The van der Waals surface area contributed by atoms with Crippen LogP contribution >= 0.6 is 11.8 Å². The molecule has 0 aliphatic carbocycles. The number of hydrogen-bond acceptors (Lipinski definition) is 5. The first-order valence-corrected chi connectivity index (χ1v) is 3.90. The Labute approximate surface area is 68.1 Å². The molecule has 64 valence electrons. The highest BCUT2D eigenvalue weighted by Gasteiger charge is 2.12. The Bertz CT molecular complexity index is 162. The monoisotopic (exact) mass is 178 g/mol. The zero-order chi connectivity index (χ0) is 8.85. The van der Waals surface area contributed by atoms with Crippen molar-refractivity contribution < 1.29 is 14.7 Å². The molecule has 0 aromatic heterocycles. The van der Waals surface area contributed by atoms with Gasteiger partial charge in [-0.3, -0.25) is 9.59 Å². The van der Waals surface area contributed by atoms with Gasteiger partial charge in [0.15, 0.2) is 0 Å². The van der Waals surface area contributed by atoms with Crippen molar-refractivity contribution in [3.8, 4) is 0 Å². The molecule has 0 bridgehead atoms. The molecule has 0 heterocycles. The van der Waals surface area contributed by atoms with Crippen LogP contribution in [0, 0.1) is 0 Å². The van der Waals surface area contributed by atoms with E-state index in [0.717, 1.165) is 11.8 Å². The molecule has 0 saturated heterocycles. The van der Waals surface area contributed by atoms with Crippen LogP contribution in [0.4, 0.5) is 0 Å². The molecule has 0 spiro atoms. The predicted octanol–water partition coefficient (Wildman–Crippen LogP) is -1.38. The molecule has 1 atom stereocenters. The zero-order valence-electron chi connectivity index (χ0n) is 5.82. The van der Waals surface area contributed by atoms with Crippen molar-refractivity contribution >= 4 is 22.8 Å². The summed E-state index contributed by atoms with van der Waals surface area (Å²) in [5.41, 5.74) is 10.1. The molecular formula is C5H10N2O3S. The van der Waals surface area contributed by atoms with E-state index in [4.69, 9.17) is 16.6 Å². The summed E-state index contributed by atoms with van der Waals surface area (Å²) in [5, 5.41) is 8.04. The maximum absolute atomic E-state index is 10.5. The van der Waals surface area contributed by atoms with E-state index in [2.05, 4.69) is 0 Å². The lowest BCUT2D eigenvalue weighted by Crippen LogP contribution is -2.33. The SMILES string of the molecule is NCC(=O)SCC(N)C(=O)O. The van der Waals surface area contributed by atoms with Crippen LogP contribution in [0.3, 0.4) is 0 Å². The quantitative estimate of drug-likeness (QED) is 0.489. The van der Waals surface area contributed by atoms with Crippen LogP contribution in [0.2, 0.25) is 0 Å². The molecule has 0 fully saturated rings. The van der Waals surface area contributed by atoms with Crippen LogP contribution in [0.15, 0.2) is 0 Å². The topological polar surface area (TPSA) is 106 Å². The zero-order valence-corrected chi connectivity index (χ0v) is 6.63. The van der Waals surface area contributed by atoms with Gasteiger partial charge < -0.3 is 16.6 Å². The Morgan fingerprint density at radius 1 is 1.55 bits per heavy atom. The fraction of sp³-hybridized carbons (Fsp3) is 0.600. The molecule has 0 amide bonds. The predicted molar refractivity (Wildman–Crippen MR) is 42.1 cm³/mol. The highest BCUT2D eigenvalue weighted by molar-refractivity contribution is 8.13. The first-order valence-electron chi connectivity index (χ1n) is 2.92. The van der Waals surface area contributed by atoms with E-state index >= 15 is 0 Å². The largest absolute Gasteiger partial charge is 0.480 e. The van der Waals surface area contributed by atoms with E-state index in [1.807, 2.05) is 0 Å². The second-order valence-electron chi connectivity index (χ2n) is 1.83. The fourth-order valence-corrected chi connectivity index (χ4v) is 0.939. The minimum atomic E-state index is -1.11. The Balaban J connectivity index is 3.54. The fourth-order valence-electron chi connectivity index (χ4n) is 0.313. The highest BCUT2D eigenvalue weighted by Crippen LogP contribution is 2.01. The van der Waals surface area contributed by atoms with Crippen molar-refractivity contribution in [1.82, 2.24) is 0 Å². The summed E-state index contributed by atoms with van der Waals surface area (Å²) in [6.45, 7) is -0.0863. The third-order valence-corrected chi connectivity index (χ3v) is 1.92. The van der Waals surface area contributed by atoms with E-state index in [1.165, 1.54) is 0 Å². The summed E-state index contributed by atoms with van der Waals surface area (Å²) in [5.74, 6) is -1.03. The lowest BCUT2D eigenvalue weighted by Gasteiger charge is -2.02. The molecule has 0 aromatic carbocycles. The molecule has 1 unspecified atom stereocenters. The standard InChI is InChI=1S/C5H10N2O3S/c6-1-4(8)11-2-3(7)5(9)10/h3H,1-2,6-7H2,(H,9,10). The van der Waals surface area contributed by atoms with Gasteiger partial charge in [0.25, 0.3) is 0 Å². The van der Waals surface area contributed by atoms with Crippen LogP contribution in [0.25, 0.3) is 0 Å². The van der Waals surface area contributed by atoms with E-state index in [1.54, 1.807) is 0 Å². The lowest BCUT2D eigenvalue weighted by atomic mass is 10.4. The molecule has 0 radical (unpaired) electrons. The third kappa shape index (κ3) is 4.77. The molecule has 0 aromatic rings. The van der Waals surface area contributed by atoms with Crippen molar-refractivity contribution in [3.05, 3.63) is 0 Å². The van der Waals surface area contributed by atoms with E-state index in [-0.39, 0.29) is 17.4 Å². The summed E-state index contributed by atoms with van der Waals surface area (Å²) in [6, 6.07) is -0.990. The van der Waals surface area contributed by atoms with Crippen LogP contribution in [-0.2, 0) is 9.59 Å². The molecule has 5 nitrogen and oxygen atoms in total. The normalized spacial score (nSPS) is 12.5. The van der Waals surface area contributed by atoms with Gasteiger partial charge in [0.05, 0.1) is 6.54 Å². The van der Waals surface area contributed by atoms with Gasteiger partial charge in [0.2, 0.25) is 5.12 Å². The van der Waals surface area contributed by atoms with Gasteiger partial charge in [-0.15, -0.1) is 0 Å². The van der Waals surface area contributed by atoms with E-state index in [0.29, 0.717) is 0 Å². The molecule has 11 heavy (non-hydrogen) atoms. The number of nitrogens with two attached hydrogens (primary N) is 2. The number of aliphatic carboxylic acids is 1. The van der Waals surface area contributed by atoms with Gasteiger partial charge in [-0.05, 0) is 0 Å². The summed E-state index contributed by atoms with van der Waals surface area (Å²) in [4.78, 5) is 20.6. The summed E-state index contributed by atoms with van der Waals surface area (Å²) in [6.07, 6.45) is 0. The van der Waals surface area contributed by atoms with Gasteiger partial charge in [-0.25, -0.2) is 0 Å². The average molecular weight is 178 g/mol. The van der Waals surface area contributed by atoms with Crippen molar-refractivity contribution in [2.75, 3.05) is 12.3 Å². The molecular weight excluding hydrogens is 168 g/mol. The summed E-state index contributed by atoms with van der Waals surface area (Å²) in [7, 11) is 0. The van der Waals surface area contributed by atoms with E-state index < -0.39 is 12.0 Å². The van der Waals surface area contributed by atoms with Crippen LogP contribution in [0.1, 0.15) is 0 Å². The van der Waals surface area contributed by atoms with Crippen molar-refractivity contribution in [3.63, 3.8) is 0 Å². The minimum Gasteiger partial charge on any atom is -0.480 e. The molecule has 0 aliphatic heterocycles. The number of hydrogen-bond donors (Lipinski definition) is 3. The lowest BCUT2D eigenvalue weighted by molar-refractivity contribution is -0.137. The number of rotatable bonds is 4. The molecule has 0 aliphatic rings. The van der Waals surface area contributed by atoms with Gasteiger partial charge >= 0.3 is 5.97 Å². The number of carbonyl (C=O) groups is 2. The van der Waals surface area contributed by atoms with Gasteiger partial charge in [-0.1, -0.05) is 11.8 Å². The maximum atomic E-state index is 10.5. The second-order valence-corrected chi connectivity index (χ2v) is 2.91. The first kappa shape index (κ1) is 10.4. The van der Waals surface area contributed by atoms with Crippen LogP contribution < -0.4 is 11.5 Å². The Morgan fingerprint density at radius 2 is 2.09 bits per heavy atom. The van der Waals surface area contributed by atoms with Gasteiger partial charge in [0, 0.05) is 5.75 Å². The molecule has 0 saturated carbocycles. The van der Waals surface area contributed by atoms with Crippen molar-refractivity contribution in [2.45, 2.75) is 6.04 Å². The van der Waals surface area contributed by atoms with Crippen LogP contribution in [0.5, 0.6) is 0 Å². The average Bonchev–Trinajstić information content (AvgIpc) is 1.99. The van der Waals surface area contributed by atoms with Gasteiger partial charge in [0.1, 0.15) is 6.04 Å². The molecule has 5 N–H and O–H groups in total. The smallest absolute Gasteiger partial charge is 0.321 e. The summed E-state index contributed by atoms with van der Waals surface area (Å²) >= 11 is 0.843.